The molecule has 0 bridgehead atoms. The highest BCUT2D eigenvalue weighted by Gasteiger charge is 2.28. The molecule has 1 aliphatic carbocycles. The maximum absolute atomic E-state index is 11.8. The van der Waals surface area contributed by atoms with Crippen LogP contribution >= 0.6 is 0 Å². The molecule has 5 heteroatoms. The van der Waals surface area contributed by atoms with Gasteiger partial charge in [0.2, 0.25) is 5.89 Å². The van der Waals surface area contributed by atoms with Gasteiger partial charge in [-0.3, -0.25) is 4.79 Å². The van der Waals surface area contributed by atoms with Crippen molar-refractivity contribution in [3.05, 3.63) is 46.0 Å². The van der Waals surface area contributed by atoms with Gasteiger partial charge < -0.3 is 9.09 Å². The lowest BCUT2D eigenvalue weighted by molar-refractivity contribution is 0.364. The number of nitrogens with zero attached hydrogens (tertiary/aromatic N) is 3. The third kappa shape index (κ3) is 2.00. The van der Waals surface area contributed by atoms with Crippen molar-refractivity contribution in [3.63, 3.8) is 0 Å². The molecule has 0 radical (unpaired) electrons. The highest BCUT2D eigenvalue weighted by Crippen LogP contribution is 2.38. The van der Waals surface area contributed by atoms with Gasteiger partial charge in [0, 0.05) is 17.7 Å². The maximum Gasteiger partial charge on any atom is 0.253 e. The van der Waals surface area contributed by atoms with Gasteiger partial charge in [0.05, 0.1) is 0 Å². The lowest BCUT2D eigenvalue weighted by atomic mass is 10.3. The molecule has 2 aromatic rings. The summed E-state index contributed by atoms with van der Waals surface area (Å²) in [4.78, 5) is 16.1. The van der Waals surface area contributed by atoms with Crippen LogP contribution in [0.3, 0.4) is 0 Å². The Morgan fingerprint density at radius 1 is 1.53 bits per heavy atom. The topological polar surface area (TPSA) is 60.9 Å². The van der Waals surface area contributed by atoms with Crippen molar-refractivity contribution < 1.29 is 4.52 Å². The van der Waals surface area contributed by atoms with E-state index in [9.17, 15) is 4.79 Å². The Hall–Kier alpha value is -1.91. The smallest absolute Gasteiger partial charge is 0.253 e. The van der Waals surface area contributed by atoms with E-state index in [1.807, 2.05) is 6.07 Å². The van der Waals surface area contributed by atoms with Crippen molar-refractivity contribution in [2.45, 2.75) is 32.2 Å². The van der Waals surface area contributed by atoms with E-state index >= 15 is 0 Å². The largest absolute Gasteiger partial charge is 0.337 e. The van der Waals surface area contributed by atoms with E-state index in [1.165, 1.54) is 0 Å². The minimum absolute atomic E-state index is 0.0151. The van der Waals surface area contributed by atoms with Crippen LogP contribution in [-0.2, 0) is 6.54 Å². The van der Waals surface area contributed by atoms with Crippen molar-refractivity contribution in [2.24, 2.45) is 0 Å². The molecule has 0 saturated heterocycles. The van der Waals surface area contributed by atoms with E-state index in [1.54, 1.807) is 23.8 Å². The number of hydrogen-bond donors (Lipinski definition) is 0. The van der Waals surface area contributed by atoms with Gasteiger partial charge >= 0.3 is 0 Å². The zero-order valence-electron chi connectivity index (χ0n) is 9.59. The van der Waals surface area contributed by atoms with Crippen molar-refractivity contribution in [1.29, 1.82) is 0 Å². The Bertz CT molecular complexity index is 596. The van der Waals surface area contributed by atoms with E-state index in [4.69, 9.17) is 4.52 Å². The summed E-state index contributed by atoms with van der Waals surface area (Å²) < 4.78 is 6.73. The number of hydrogen-bond acceptors (Lipinski definition) is 4. The van der Waals surface area contributed by atoms with Crippen molar-refractivity contribution in [3.8, 4) is 0 Å². The molecule has 0 aromatic carbocycles. The van der Waals surface area contributed by atoms with Crippen LogP contribution in [0.4, 0.5) is 0 Å². The highest BCUT2D eigenvalue weighted by atomic mass is 16.5. The van der Waals surface area contributed by atoms with E-state index in [0.29, 0.717) is 18.4 Å². The number of pyridine rings is 1. The molecule has 1 aliphatic rings. The van der Waals surface area contributed by atoms with Gasteiger partial charge in [0.25, 0.3) is 5.56 Å². The third-order valence-corrected chi connectivity index (χ3v) is 2.94. The molecule has 3 rings (SSSR count). The predicted molar refractivity (Wildman–Crippen MR) is 60.8 cm³/mol. The molecule has 0 amide bonds. The van der Waals surface area contributed by atoms with Gasteiger partial charge in [0.1, 0.15) is 6.54 Å². The molecular weight excluding hydrogens is 218 g/mol. The summed E-state index contributed by atoms with van der Waals surface area (Å²) in [6.07, 6.45) is 4.02. The number of aromatic nitrogens is 3. The maximum atomic E-state index is 11.8. The van der Waals surface area contributed by atoms with Crippen LogP contribution in [0.1, 0.15) is 36.0 Å². The number of rotatable bonds is 3. The Balaban J connectivity index is 1.85. The van der Waals surface area contributed by atoms with Crippen LogP contribution in [0.2, 0.25) is 0 Å². The second-order valence-electron chi connectivity index (χ2n) is 4.44. The van der Waals surface area contributed by atoms with Gasteiger partial charge in [0.15, 0.2) is 5.82 Å². The first-order valence-corrected chi connectivity index (χ1v) is 5.72. The molecule has 0 N–H and O–H groups in total. The molecule has 88 valence electrons. The first-order valence-electron chi connectivity index (χ1n) is 5.72. The minimum atomic E-state index is -0.0151. The van der Waals surface area contributed by atoms with E-state index in [2.05, 4.69) is 10.1 Å². The van der Waals surface area contributed by atoms with Gasteiger partial charge in [-0.15, -0.1) is 0 Å². The standard InChI is InChI=1S/C12H13N3O2/c1-8-3-2-6-15(12(8)16)7-10-13-11(14-17-10)9-4-5-9/h2-3,6,9H,4-5,7H2,1H3. The minimum Gasteiger partial charge on any atom is -0.337 e. The second-order valence-corrected chi connectivity index (χ2v) is 4.44. The van der Waals surface area contributed by atoms with E-state index in [0.717, 1.165) is 24.2 Å². The summed E-state index contributed by atoms with van der Waals surface area (Å²) in [6.45, 7) is 2.14. The van der Waals surface area contributed by atoms with Gasteiger partial charge in [-0.25, -0.2) is 0 Å². The Kier molecular flexibility index (Phi) is 2.31. The van der Waals surface area contributed by atoms with Crippen LogP contribution in [0, 0.1) is 6.92 Å². The average Bonchev–Trinajstić information content (AvgIpc) is 3.06. The van der Waals surface area contributed by atoms with Crippen molar-refractivity contribution >= 4 is 0 Å². The normalized spacial score (nSPS) is 15.1. The molecule has 2 aromatic heterocycles. The van der Waals surface area contributed by atoms with Crippen LogP contribution in [-0.4, -0.2) is 14.7 Å². The SMILES string of the molecule is Cc1cccn(Cc2nc(C3CC3)no2)c1=O. The van der Waals surface area contributed by atoms with Crippen LogP contribution in [0.15, 0.2) is 27.6 Å². The van der Waals surface area contributed by atoms with Gasteiger partial charge in [-0.1, -0.05) is 11.2 Å². The molecule has 17 heavy (non-hydrogen) atoms. The first-order chi connectivity index (χ1) is 8.24. The zero-order chi connectivity index (χ0) is 11.8. The molecule has 2 heterocycles. The first kappa shape index (κ1) is 10.3. The molecule has 0 atom stereocenters. The Labute approximate surface area is 98.1 Å². The summed E-state index contributed by atoms with van der Waals surface area (Å²) in [7, 11) is 0. The molecule has 1 saturated carbocycles. The summed E-state index contributed by atoms with van der Waals surface area (Å²) in [5.74, 6) is 1.75. The summed E-state index contributed by atoms with van der Waals surface area (Å²) in [6, 6.07) is 3.64. The highest BCUT2D eigenvalue weighted by molar-refractivity contribution is 5.09. The average molecular weight is 231 g/mol. The Morgan fingerprint density at radius 2 is 2.35 bits per heavy atom. The number of aryl methyl sites for hydroxylation is 1. The molecule has 5 nitrogen and oxygen atoms in total. The summed E-state index contributed by atoms with van der Waals surface area (Å²) in [5.41, 5.74) is 0.702. The van der Waals surface area contributed by atoms with E-state index < -0.39 is 0 Å². The summed E-state index contributed by atoms with van der Waals surface area (Å²) >= 11 is 0. The molecule has 1 fully saturated rings. The van der Waals surface area contributed by atoms with Gasteiger partial charge in [-0.05, 0) is 25.8 Å². The van der Waals surface area contributed by atoms with Crippen LogP contribution in [0.25, 0.3) is 0 Å². The lowest BCUT2D eigenvalue weighted by Crippen LogP contribution is -2.21. The molecular formula is C12H13N3O2. The fourth-order valence-corrected chi connectivity index (χ4v) is 1.77. The van der Waals surface area contributed by atoms with Crippen molar-refractivity contribution in [1.82, 2.24) is 14.7 Å². The fraction of sp³-hybridized carbons (Fsp3) is 0.417. The zero-order valence-corrected chi connectivity index (χ0v) is 9.59. The van der Waals surface area contributed by atoms with E-state index in [-0.39, 0.29) is 5.56 Å². The third-order valence-electron chi connectivity index (χ3n) is 2.94. The second kappa shape index (κ2) is 3.84. The molecule has 0 spiro atoms. The molecule has 0 aliphatic heterocycles. The Morgan fingerprint density at radius 3 is 3.12 bits per heavy atom. The fourth-order valence-electron chi connectivity index (χ4n) is 1.77. The summed E-state index contributed by atoms with van der Waals surface area (Å²) in [5, 5.41) is 3.92. The predicted octanol–water partition coefficient (Wildman–Crippen LogP) is 1.47. The van der Waals surface area contributed by atoms with Gasteiger partial charge in [-0.2, -0.15) is 4.98 Å². The van der Waals surface area contributed by atoms with Crippen molar-refractivity contribution in [2.75, 3.05) is 0 Å². The lowest BCUT2D eigenvalue weighted by Gasteiger charge is -2.01. The monoisotopic (exact) mass is 231 g/mol. The quantitative estimate of drug-likeness (QED) is 0.802. The van der Waals surface area contributed by atoms with Crippen LogP contribution in [0.5, 0.6) is 0 Å². The van der Waals surface area contributed by atoms with Crippen LogP contribution < -0.4 is 5.56 Å². The molecule has 0 unspecified atom stereocenters.